The maximum absolute atomic E-state index is 6.04. The first kappa shape index (κ1) is 12.0. The molecule has 3 heteroatoms. The second kappa shape index (κ2) is 5.10. The van der Waals surface area contributed by atoms with Crippen LogP contribution >= 0.6 is 0 Å². The first-order valence-corrected chi connectivity index (χ1v) is 5.50. The molecule has 0 spiro atoms. The van der Waals surface area contributed by atoms with Gasteiger partial charge in [-0.2, -0.15) is 0 Å². The van der Waals surface area contributed by atoms with Crippen molar-refractivity contribution in [2.75, 3.05) is 33.4 Å². The van der Waals surface area contributed by atoms with E-state index in [1.165, 1.54) is 0 Å². The molecule has 1 fully saturated rings. The van der Waals surface area contributed by atoms with Crippen LogP contribution in [0, 0.1) is 5.41 Å². The Labute approximate surface area is 87.6 Å². The fourth-order valence-corrected chi connectivity index (χ4v) is 2.32. The summed E-state index contributed by atoms with van der Waals surface area (Å²) in [7, 11) is 1.76. The number of nitrogens with zero attached hydrogens (tertiary/aromatic N) is 1. The molecular weight excluding hydrogens is 176 g/mol. The minimum atomic E-state index is 0.351. The topological polar surface area (TPSA) is 38.5 Å². The van der Waals surface area contributed by atoms with Crippen LogP contribution in [0.5, 0.6) is 0 Å². The summed E-state index contributed by atoms with van der Waals surface area (Å²) in [5.41, 5.74) is 6.39. The Bertz CT molecular complexity index is 171. The van der Waals surface area contributed by atoms with Crippen LogP contribution in [0.2, 0.25) is 0 Å². The van der Waals surface area contributed by atoms with Crippen molar-refractivity contribution in [3.63, 3.8) is 0 Å². The number of hydrogen-bond donors (Lipinski definition) is 1. The van der Waals surface area contributed by atoms with Gasteiger partial charge in [-0.1, -0.05) is 13.8 Å². The van der Waals surface area contributed by atoms with Crippen LogP contribution in [0.1, 0.15) is 26.7 Å². The molecule has 0 radical (unpaired) electrons. The van der Waals surface area contributed by atoms with Gasteiger partial charge in [0.2, 0.25) is 0 Å². The quantitative estimate of drug-likeness (QED) is 0.741. The van der Waals surface area contributed by atoms with E-state index in [9.17, 15) is 0 Å². The maximum atomic E-state index is 6.04. The molecular formula is C11H24N2O. The molecule has 1 aliphatic heterocycles. The zero-order chi connectivity index (χ0) is 10.6. The molecule has 0 aromatic heterocycles. The molecule has 1 unspecified atom stereocenters. The first-order chi connectivity index (χ1) is 6.53. The summed E-state index contributed by atoms with van der Waals surface area (Å²) in [6.45, 7) is 8.73. The molecule has 0 aromatic rings. The molecule has 14 heavy (non-hydrogen) atoms. The average molecular weight is 200 g/mol. The minimum absolute atomic E-state index is 0.351. The second-order valence-corrected chi connectivity index (χ2v) is 5.19. The van der Waals surface area contributed by atoms with Crippen molar-refractivity contribution in [1.29, 1.82) is 0 Å². The first-order valence-electron chi connectivity index (χ1n) is 5.50. The predicted molar refractivity (Wildman–Crippen MR) is 59.3 cm³/mol. The van der Waals surface area contributed by atoms with E-state index in [4.69, 9.17) is 10.5 Å². The molecule has 1 heterocycles. The molecule has 1 rings (SSSR count). The Morgan fingerprint density at radius 3 is 2.86 bits per heavy atom. The summed E-state index contributed by atoms with van der Waals surface area (Å²) in [6, 6.07) is 0.373. The van der Waals surface area contributed by atoms with E-state index in [2.05, 4.69) is 18.7 Å². The van der Waals surface area contributed by atoms with Crippen LogP contribution in [-0.4, -0.2) is 44.3 Å². The maximum Gasteiger partial charge on any atom is 0.0589 e. The fraction of sp³-hybridized carbons (Fsp3) is 1.00. The Morgan fingerprint density at radius 1 is 1.50 bits per heavy atom. The third-order valence-corrected chi connectivity index (χ3v) is 2.89. The van der Waals surface area contributed by atoms with Crippen LogP contribution < -0.4 is 5.73 Å². The van der Waals surface area contributed by atoms with Gasteiger partial charge >= 0.3 is 0 Å². The minimum Gasteiger partial charge on any atom is -0.383 e. The highest BCUT2D eigenvalue weighted by molar-refractivity contribution is 4.83. The Hall–Kier alpha value is -0.120. The summed E-state index contributed by atoms with van der Waals surface area (Å²) >= 11 is 0. The van der Waals surface area contributed by atoms with E-state index < -0.39 is 0 Å². The molecule has 0 amide bonds. The zero-order valence-corrected chi connectivity index (χ0v) is 9.75. The van der Waals surface area contributed by atoms with Crippen LogP contribution in [0.25, 0.3) is 0 Å². The highest BCUT2D eigenvalue weighted by Gasteiger charge is 2.27. The zero-order valence-electron chi connectivity index (χ0n) is 9.75. The summed E-state index contributed by atoms with van der Waals surface area (Å²) < 4.78 is 5.11. The molecule has 1 atom stereocenters. The van der Waals surface area contributed by atoms with Crippen molar-refractivity contribution in [2.45, 2.75) is 32.7 Å². The van der Waals surface area contributed by atoms with E-state index >= 15 is 0 Å². The Balaban J connectivity index is 2.45. The van der Waals surface area contributed by atoms with Crippen LogP contribution in [0.3, 0.4) is 0 Å². The molecule has 1 saturated heterocycles. The summed E-state index contributed by atoms with van der Waals surface area (Å²) in [5, 5.41) is 0. The van der Waals surface area contributed by atoms with Crippen LogP contribution in [0.15, 0.2) is 0 Å². The Kier molecular flexibility index (Phi) is 4.35. The standard InChI is InChI=1S/C11H24N2O/c1-11(2)8-10(12)4-5-13(9-11)6-7-14-3/h10H,4-9,12H2,1-3H3. The van der Waals surface area contributed by atoms with Gasteiger partial charge in [-0.25, -0.2) is 0 Å². The van der Waals surface area contributed by atoms with Crippen molar-refractivity contribution in [2.24, 2.45) is 11.1 Å². The lowest BCUT2D eigenvalue weighted by Gasteiger charge is -2.29. The highest BCUT2D eigenvalue weighted by atomic mass is 16.5. The van der Waals surface area contributed by atoms with Gasteiger partial charge < -0.3 is 15.4 Å². The molecule has 2 N–H and O–H groups in total. The van der Waals surface area contributed by atoms with Gasteiger partial charge in [-0.3, -0.25) is 0 Å². The SMILES string of the molecule is COCCN1CCC(N)CC(C)(C)C1. The van der Waals surface area contributed by atoms with E-state index in [0.29, 0.717) is 11.5 Å². The molecule has 0 bridgehead atoms. The summed E-state index contributed by atoms with van der Waals surface area (Å²) in [6.07, 6.45) is 2.25. The van der Waals surface area contributed by atoms with Crippen molar-refractivity contribution in [3.05, 3.63) is 0 Å². The van der Waals surface area contributed by atoms with Gasteiger partial charge in [0, 0.05) is 26.2 Å². The summed E-state index contributed by atoms with van der Waals surface area (Å²) in [5.74, 6) is 0. The third-order valence-electron chi connectivity index (χ3n) is 2.89. The molecule has 0 aliphatic carbocycles. The molecule has 84 valence electrons. The summed E-state index contributed by atoms with van der Waals surface area (Å²) in [4.78, 5) is 2.47. The third kappa shape index (κ3) is 3.95. The van der Waals surface area contributed by atoms with Gasteiger partial charge in [0.05, 0.1) is 6.61 Å². The molecule has 1 aliphatic rings. The van der Waals surface area contributed by atoms with E-state index in [-0.39, 0.29) is 0 Å². The number of likely N-dealkylation sites (tertiary alicyclic amines) is 1. The molecule has 0 aromatic carbocycles. The number of hydrogen-bond acceptors (Lipinski definition) is 3. The fourth-order valence-electron chi connectivity index (χ4n) is 2.32. The van der Waals surface area contributed by atoms with Gasteiger partial charge in [-0.15, -0.1) is 0 Å². The van der Waals surface area contributed by atoms with E-state index in [1.807, 2.05) is 0 Å². The van der Waals surface area contributed by atoms with Crippen molar-refractivity contribution in [3.8, 4) is 0 Å². The number of ether oxygens (including phenoxy) is 1. The average Bonchev–Trinajstić information content (AvgIpc) is 2.20. The normalized spacial score (nSPS) is 28.7. The molecule has 0 saturated carbocycles. The van der Waals surface area contributed by atoms with Crippen LogP contribution in [0.4, 0.5) is 0 Å². The predicted octanol–water partition coefficient (Wildman–Crippen LogP) is 1.08. The largest absolute Gasteiger partial charge is 0.383 e. The van der Waals surface area contributed by atoms with E-state index in [1.54, 1.807) is 7.11 Å². The Morgan fingerprint density at radius 2 is 2.21 bits per heavy atom. The van der Waals surface area contributed by atoms with Crippen molar-refractivity contribution < 1.29 is 4.74 Å². The van der Waals surface area contributed by atoms with Crippen LogP contribution in [-0.2, 0) is 4.74 Å². The molecule has 3 nitrogen and oxygen atoms in total. The number of nitrogens with two attached hydrogens (primary N) is 1. The van der Waals surface area contributed by atoms with E-state index in [0.717, 1.165) is 39.1 Å². The number of methoxy groups -OCH3 is 1. The highest BCUT2D eigenvalue weighted by Crippen LogP contribution is 2.27. The van der Waals surface area contributed by atoms with Gasteiger partial charge in [-0.05, 0) is 24.8 Å². The van der Waals surface area contributed by atoms with Gasteiger partial charge in [0.25, 0.3) is 0 Å². The lowest BCUT2D eigenvalue weighted by Crippen LogP contribution is -2.35. The monoisotopic (exact) mass is 200 g/mol. The van der Waals surface area contributed by atoms with Gasteiger partial charge in [0.1, 0.15) is 0 Å². The second-order valence-electron chi connectivity index (χ2n) is 5.19. The lowest BCUT2D eigenvalue weighted by atomic mass is 9.86. The number of rotatable bonds is 3. The van der Waals surface area contributed by atoms with Crippen molar-refractivity contribution >= 4 is 0 Å². The van der Waals surface area contributed by atoms with Crippen molar-refractivity contribution in [1.82, 2.24) is 4.90 Å². The smallest absolute Gasteiger partial charge is 0.0589 e. The van der Waals surface area contributed by atoms with Gasteiger partial charge in [0.15, 0.2) is 0 Å². The lowest BCUT2D eigenvalue weighted by molar-refractivity contribution is 0.126.